The second-order valence-electron chi connectivity index (χ2n) is 13.0. The van der Waals surface area contributed by atoms with Gasteiger partial charge in [-0.3, -0.25) is 0 Å². The molecular formula is C27H51NO5Si2. The summed E-state index contributed by atoms with van der Waals surface area (Å²) in [6.07, 6.45) is -0.657. The summed E-state index contributed by atoms with van der Waals surface area (Å²) in [5.74, 6) is 1.71. The highest BCUT2D eigenvalue weighted by Gasteiger charge is 2.41. The van der Waals surface area contributed by atoms with Gasteiger partial charge in [0, 0.05) is 7.05 Å². The van der Waals surface area contributed by atoms with E-state index >= 15 is 0 Å². The van der Waals surface area contributed by atoms with E-state index in [0.717, 1.165) is 11.3 Å². The molecule has 0 aromatic heterocycles. The molecule has 1 rings (SSSR count). The summed E-state index contributed by atoms with van der Waals surface area (Å²) in [6, 6.07) is 6.01. The Morgan fingerprint density at radius 2 is 1.49 bits per heavy atom. The first kappa shape index (κ1) is 31.5. The minimum Gasteiger partial charge on any atom is -0.541 e. The average molecular weight is 526 g/mol. The van der Waals surface area contributed by atoms with Crippen molar-refractivity contribution in [3.05, 3.63) is 23.8 Å². The zero-order valence-electron chi connectivity index (χ0n) is 24.8. The number of carbonyl (C=O) groups excluding carboxylic acids is 1. The Kier molecular flexibility index (Phi) is 10.5. The van der Waals surface area contributed by atoms with Gasteiger partial charge in [-0.1, -0.05) is 61.5 Å². The first-order valence-corrected chi connectivity index (χ1v) is 18.5. The van der Waals surface area contributed by atoms with Crippen LogP contribution in [0, 0.1) is 5.92 Å². The van der Waals surface area contributed by atoms with E-state index in [1.807, 2.05) is 32.0 Å². The van der Waals surface area contributed by atoms with Gasteiger partial charge in [-0.15, -0.1) is 0 Å². The van der Waals surface area contributed by atoms with Crippen LogP contribution in [-0.4, -0.2) is 54.9 Å². The van der Waals surface area contributed by atoms with E-state index in [0.29, 0.717) is 18.9 Å². The molecule has 1 atom stereocenters. The van der Waals surface area contributed by atoms with Crippen LogP contribution in [-0.2, 0) is 9.16 Å². The van der Waals surface area contributed by atoms with Gasteiger partial charge in [0.05, 0.1) is 26.4 Å². The minimum atomic E-state index is -2.14. The molecule has 202 valence electrons. The molecule has 1 unspecified atom stereocenters. The van der Waals surface area contributed by atoms with Crippen molar-refractivity contribution in [1.29, 1.82) is 0 Å². The molecule has 1 aromatic rings. The Hall–Kier alpha value is -1.52. The van der Waals surface area contributed by atoms with Crippen molar-refractivity contribution in [3.63, 3.8) is 0 Å². The van der Waals surface area contributed by atoms with Gasteiger partial charge in [0.1, 0.15) is 5.75 Å². The predicted octanol–water partition coefficient (Wildman–Crippen LogP) is 7.87. The van der Waals surface area contributed by atoms with Crippen molar-refractivity contribution < 1.29 is 23.1 Å². The van der Waals surface area contributed by atoms with E-state index in [9.17, 15) is 4.79 Å². The minimum absolute atomic E-state index is 0.0252. The van der Waals surface area contributed by atoms with E-state index < -0.39 is 16.6 Å². The fourth-order valence-corrected chi connectivity index (χ4v) is 5.11. The second-order valence-corrected chi connectivity index (χ2v) is 22.5. The Morgan fingerprint density at radius 1 is 0.943 bits per heavy atom. The van der Waals surface area contributed by atoms with E-state index in [-0.39, 0.29) is 28.2 Å². The van der Waals surface area contributed by atoms with Crippen molar-refractivity contribution in [3.8, 4) is 11.5 Å². The van der Waals surface area contributed by atoms with Crippen molar-refractivity contribution in [1.82, 2.24) is 4.90 Å². The van der Waals surface area contributed by atoms with E-state index in [1.54, 1.807) is 19.1 Å². The number of hydrogen-bond acceptors (Lipinski definition) is 5. The molecule has 1 aromatic carbocycles. The molecule has 0 aliphatic carbocycles. The van der Waals surface area contributed by atoms with Gasteiger partial charge in [-0.2, -0.15) is 0 Å². The van der Waals surface area contributed by atoms with Crippen LogP contribution in [0.2, 0.25) is 36.3 Å². The standard InChI is InChI=1S/C27H51NO5Si2/c1-20(2)19-31-25(29)28(9)18-24(33-35(13,14)27(6,7)8)21-15-16-22(23(17-21)30-10)32-34(11,12)26(3,4)5/h15-17,20,24H,18-19H2,1-14H3. The first-order valence-electron chi connectivity index (χ1n) is 12.6. The Labute approximate surface area is 216 Å². The molecule has 35 heavy (non-hydrogen) atoms. The Balaban J connectivity index is 3.35. The number of benzene rings is 1. The fraction of sp³-hybridized carbons (Fsp3) is 0.741. The van der Waals surface area contributed by atoms with Crippen LogP contribution in [0.3, 0.4) is 0 Å². The van der Waals surface area contributed by atoms with Crippen LogP contribution >= 0.6 is 0 Å². The van der Waals surface area contributed by atoms with Gasteiger partial charge in [0.15, 0.2) is 14.1 Å². The molecule has 8 heteroatoms. The van der Waals surface area contributed by atoms with Gasteiger partial charge < -0.3 is 23.2 Å². The van der Waals surface area contributed by atoms with Gasteiger partial charge in [0.2, 0.25) is 0 Å². The zero-order chi connectivity index (χ0) is 27.4. The largest absolute Gasteiger partial charge is 0.541 e. The summed E-state index contributed by atoms with van der Waals surface area (Å²) >= 11 is 0. The lowest BCUT2D eigenvalue weighted by molar-refractivity contribution is 0.0787. The maximum absolute atomic E-state index is 12.6. The number of nitrogens with zero attached hydrogens (tertiary/aromatic N) is 1. The number of amides is 1. The van der Waals surface area contributed by atoms with Crippen molar-refractivity contribution >= 4 is 22.7 Å². The molecule has 1 amide bonds. The highest BCUT2D eigenvalue weighted by Crippen LogP contribution is 2.43. The van der Waals surface area contributed by atoms with Crippen LogP contribution in [0.15, 0.2) is 18.2 Å². The first-order chi connectivity index (χ1) is 15.7. The quantitative estimate of drug-likeness (QED) is 0.291. The normalized spacial score (nSPS) is 14.0. The third-order valence-electron chi connectivity index (χ3n) is 7.27. The number of ether oxygens (including phenoxy) is 2. The number of methoxy groups -OCH3 is 1. The lowest BCUT2D eigenvalue weighted by atomic mass is 10.1. The van der Waals surface area contributed by atoms with Crippen LogP contribution in [0.1, 0.15) is 67.1 Å². The molecule has 6 nitrogen and oxygen atoms in total. The third-order valence-corrected chi connectivity index (χ3v) is 16.1. The van der Waals surface area contributed by atoms with Crippen LogP contribution in [0.25, 0.3) is 0 Å². The van der Waals surface area contributed by atoms with Gasteiger partial charge in [-0.05, 0) is 59.9 Å². The SMILES string of the molecule is COc1cc(C(CN(C)C(=O)OCC(C)C)O[Si](C)(C)C(C)(C)C)ccc1O[Si](C)(C)C(C)(C)C. The van der Waals surface area contributed by atoms with Gasteiger partial charge >= 0.3 is 6.09 Å². The van der Waals surface area contributed by atoms with Crippen LogP contribution in [0.4, 0.5) is 4.79 Å². The molecule has 0 N–H and O–H groups in total. The maximum atomic E-state index is 12.6. The van der Waals surface area contributed by atoms with Crippen LogP contribution < -0.4 is 9.16 Å². The number of likely N-dealkylation sites (N-methyl/N-ethyl adjacent to an activating group) is 1. The summed E-state index contributed by atoms with van der Waals surface area (Å²) < 4.78 is 24.6. The lowest BCUT2D eigenvalue weighted by Crippen LogP contribution is -2.44. The van der Waals surface area contributed by atoms with Crippen molar-refractivity contribution in [2.75, 3.05) is 27.3 Å². The average Bonchev–Trinajstić information content (AvgIpc) is 2.69. The molecule has 0 saturated carbocycles. The fourth-order valence-electron chi connectivity index (χ4n) is 2.81. The monoisotopic (exact) mass is 525 g/mol. The Bertz CT molecular complexity index is 841. The molecule has 0 aliphatic rings. The molecule has 0 radical (unpaired) electrons. The molecule has 0 saturated heterocycles. The predicted molar refractivity (Wildman–Crippen MR) is 151 cm³/mol. The third kappa shape index (κ3) is 8.83. The second kappa shape index (κ2) is 11.7. The van der Waals surface area contributed by atoms with Gasteiger partial charge in [0.25, 0.3) is 8.32 Å². The topological polar surface area (TPSA) is 57.2 Å². The maximum Gasteiger partial charge on any atom is 0.409 e. The molecule has 0 bridgehead atoms. The summed E-state index contributed by atoms with van der Waals surface area (Å²) in [5.41, 5.74) is 0.956. The van der Waals surface area contributed by atoms with Crippen molar-refractivity contribution in [2.45, 2.75) is 97.8 Å². The molecule has 0 aliphatic heterocycles. The van der Waals surface area contributed by atoms with E-state index in [1.165, 1.54) is 0 Å². The molecular weight excluding hydrogens is 474 g/mol. The van der Waals surface area contributed by atoms with E-state index in [4.69, 9.17) is 18.3 Å². The summed E-state index contributed by atoms with van der Waals surface area (Å²) in [4.78, 5) is 14.2. The smallest absolute Gasteiger partial charge is 0.409 e. The zero-order valence-corrected chi connectivity index (χ0v) is 26.8. The van der Waals surface area contributed by atoms with E-state index in [2.05, 4.69) is 67.7 Å². The van der Waals surface area contributed by atoms with Gasteiger partial charge in [-0.25, -0.2) is 4.79 Å². The van der Waals surface area contributed by atoms with Crippen LogP contribution in [0.5, 0.6) is 11.5 Å². The molecule has 0 spiro atoms. The molecule has 0 fully saturated rings. The highest BCUT2D eigenvalue weighted by molar-refractivity contribution is 6.75. The number of carbonyl (C=O) groups is 1. The summed E-state index contributed by atoms with van der Waals surface area (Å²) in [7, 11) is -0.747. The Morgan fingerprint density at radius 3 is 1.94 bits per heavy atom. The number of hydrogen-bond donors (Lipinski definition) is 0. The lowest BCUT2D eigenvalue weighted by Gasteiger charge is -2.40. The highest BCUT2D eigenvalue weighted by atomic mass is 28.4. The van der Waals surface area contributed by atoms with Crippen molar-refractivity contribution in [2.24, 2.45) is 5.92 Å². The summed E-state index contributed by atoms with van der Waals surface area (Å²) in [5, 5.41) is 0.0984. The summed E-state index contributed by atoms with van der Waals surface area (Å²) in [6.45, 7) is 27.0. The number of rotatable bonds is 10. The molecule has 0 heterocycles.